The van der Waals surface area contributed by atoms with Gasteiger partial charge >= 0.3 is 0 Å². The molecule has 1 aromatic rings. The van der Waals surface area contributed by atoms with E-state index in [-0.39, 0.29) is 12.7 Å². The summed E-state index contributed by atoms with van der Waals surface area (Å²) in [5.41, 5.74) is 2.02. The third-order valence-corrected chi connectivity index (χ3v) is 4.17. The number of ether oxygens (including phenoxy) is 2. The Balaban J connectivity index is 1.60. The first-order valence-corrected chi connectivity index (χ1v) is 8.35. The van der Waals surface area contributed by atoms with Crippen LogP contribution in [0.3, 0.4) is 0 Å². The van der Waals surface area contributed by atoms with Crippen LogP contribution < -0.4 is 14.8 Å². The molecule has 2 aliphatic heterocycles. The van der Waals surface area contributed by atoms with Gasteiger partial charge in [-0.1, -0.05) is 11.6 Å². The van der Waals surface area contributed by atoms with Gasteiger partial charge in [0.1, 0.15) is 0 Å². The summed E-state index contributed by atoms with van der Waals surface area (Å²) in [6, 6.07) is 5.80. The average molecular weight is 347 g/mol. The molecule has 0 saturated carbocycles. The van der Waals surface area contributed by atoms with Crippen LogP contribution in [0.15, 0.2) is 29.8 Å². The summed E-state index contributed by atoms with van der Waals surface area (Å²) in [6.45, 7) is 6.09. The molecule has 128 valence electrons. The van der Waals surface area contributed by atoms with E-state index in [9.17, 15) is 4.79 Å². The fourth-order valence-corrected chi connectivity index (χ4v) is 2.96. The number of carbonyl (C=O) groups excluding carboxylic acids is 1. The van der Waals surface area contributed by atoms with Crippen LogP contribution >= 0.6 is 12.2 Å². The smallest absolute Gasteiger partial charge is 0.265 e. The lowest BCUT2D eigenvalue weighted by molar-refractivity contribution is -0.133. The Bertz CT molecular complexity index is 686. The number of fused-ring (bicyclic) bond motifs is 1. The molecule has 0 atom stereocenters. The van der Waals surface area contributed by atoms with Crippen molar-refractivity contribution >= 4 is 23.2 Å². The Hall–Kier alpha value is -2.28. The van der Waals surface area contributed by atoms with Gasteiger partial charge in [0.2, 0.25) is 6.79 Å². The quantitative estimate of drug-likeness (QED) is 0.668. The number of nitrogens with one attached hydrogen (secondary N) is 1. The molecule has 1 fully saturated rings. The summed E-state index contributed by atoms with van der Waals surface area (Å²) >= 11 is 5.47. The van der Waals surface area contributed by atoms with Gasteiger partial charge in [0, 0.05) is 25.7 Å². The highest BCUT2D eigenvalue weighted by molar-refractivity contribution is 7.80. The van der Waals surface area contributed by atoms with E-state index < -0.39 is 0 Å². The molecule has 3 rings (SSSR count). The van der Waals surface area contributed by atoms with Crippen LogP contribution in [0.25, 0.3) is 0 Å². The third kappa shape index (κ3) is 3.62. The fraction of sp³-hybridized carbons (Fsp3) is 0.412. The lowest BCUT2D eigenvalue weighted by Crippen LogP contribution is -2.48. The zero-order chi connectivity index (χ0) is 17.1. The summed E-state index contributed by atoms with van der Waals surface area (Å²) in [5.74, 6) is 1.49. The number of thiocarbonyl (C=S) groups is 1. The minimum absolute atomic E-state index is 0.0280. The van der Waals surface area contributed by atoms with Crippen molar-refractivity contribution in [2.24, 2.45) is 0 Å². The Morgan fingerprint density at radius 3 is 2.79 bits per heavy atom. The monoisotopic (exact) mass is 347 g/mol. The second-order valence-corrected chi connectivity index (χ2v) is 6.39. The summed E-state index contributed by atoms with van der Waals surface area (Å²) in [7, 11) is 0. The highest BCUT2D eigenvalue weighted by Crippen LogP contribution is 2.32. The highest BCUT2D eigenvalue weighted by Gasteiger charge is 2.27. The summed E-state index contributed by atoms with van der Waals surface area (Å²) in [4.78, 5) is 12.3. The Kier molecular flexibility index (Phi) is 4.89. The van der Waals surface area contributed by atoms with Gasteiger partial charge < -0.3 is 14.8 Å². The van der Waals surface area contributed by atoms with E-state index in [1.165, 1.54) is 0 Å². The summed E-state index contributed by atoms with van der Waals surface area (Å²) in [6.07, 6.45) is 2.55. The maximum Gasteiger partial charge on any atom is 0.265 e. The number of benzene rings is 1. The molecule has 0 spiro atoms. The topological polar surface area (TPSA) is 54.0 Å². The van der Waals surface area contributed by atoms with Crippen molar-refractivity contribution < 1.29 is 14.3 Å². The number of hydrazine groups is 1. The highest BCUT2D eigenvalue weighted by atomic mass is 32.1. The van der Waals surface area contributed by atoms with Crippen LogP contribution in [0.1, 0.15) is 25.8 Å². The normalized spacial score (nSPS) is 15.4. The van der Waals surface area contributed by atoms with E-state index in [1.807, 2.05) is 37.1 Å². The molecular formula is C17H21N3O3S. The second-order valence-electron chi connectivity index (χ2n) is 6.01. The molecular weight excluding hydrogens is 326 g/mol. The molecule has 0 aliphatic carbocycles. The third-order valence-electron chi connectivity index (χ3n) is 3.81. The predicted molar refractivity (Wildman–Crippen MR) is 94.5 cm³/mol. The molecule has 1 N–H and O–H groups in total. The molecule has 0 radical (unpaired) electrons. The van der Waals surface area contributed by atoms with Crippen LogP contribution in [-0.4, -0.2) is 40.9 Å². The number of amides is 1. The average Bonchev–Trinajstić information content (AvgIpc) is 3.20. The maximum absolute atomic E-state index is 12.3. The molecule has 1 aromatic carbocycles. The minimum atomic E-state index is -0.0280. The van der Waals surface area contributed by atoms with Gasteiger partial charge in [0.05, 0.1) is 0 Å². The van der Waals surface area contributed by atoms with Gasteiger partial charge in [-0.2, -0.15) is 0 Å². The number of hydrogen-bond acceptors (Lipinski definition) is 4. The van der Waals surface area contributed by atoms with Crippen molar-refractivity contribution in [1.82, 2.24) is 15.3 Å². The summed E-state index contributed by atoms with van der Waals surface area (Å²) < 4.78 is 10.7. The molecule has 0 bridgehead atoms. The lowest BCUT2D eigenvalue weighted by Gasteiger charge is -2.29. The van der Waals surface area contributed by atoms with E-state index in [4.69, 9.17) is 21.7 Å². The molecule has 24 heavy (non-hydrogen) atoms. The van der Waals surface area contributed by atoms with Gasteiger partial charge in [0.25, 0.3) is 5.91 Å². The number of allylic oxidation sites excluding steroid dienone is 1. The van der Waals surface area contributed by atoms with Crippen molar-refractivity contribution in [2.45, 2.75) is 26.8 Å². The molecule has 2 heterocycles. The maximum atomic E-state index is 12.3. The van der Waals surface area contributed by atoms with Gasteiger partial charge in [-0.15, -0.1) is 0 Å². The number of nitrogens with zero attached hydrogens (tertiary/aromatic N) is 2. The van der Waals surface area contributed by atoms with Crippen LogP contribution in [0.4, 0.5) is 0 Å². The molecule has 1 saturated heterocycles. The predicted octanol–water partition coefficient (Wildman–Crippen LogP) is 2.21. The first-order valence-electron chi connectivity index (χ1n) is 7.95. The first kappa shape index (κ1) is 16.6. The van der Waals surface area contributed by atoms with Crippen molar-refractivity contribution in [1.29, 1.82) is 0 Å². The lowest BCUT2D eigenvalue weighted by atomic mass is 10.2. The SMILES string of the molecule is CC(C)=CC(=O)N1CCCN1C(=S)NCc1ccc2c(c1)OCO2. The number of rotatable bonds is 3. The van der Waals surface area contributed by atoms with E-state index in [0.717, 1.165) is 35.6 Å². The first-order chi connectivity index (χ1) is 11.5. The van der Waals surface area contributed by atoms with Crippen molar-refractivity contribution in [3.05, 3.63) is 35.4 Å². The molecule has 2 aliphatic rings. The molecule has 0 unspecified atom stereocenters. The van der Waals surface area contributed by atoms with Crippen LogP contribution in [0.2, 0.25) is 0 Å². The van der Waals surface area contributed by atoms with Crippen molar-refractivity contribution in [3.8, 4) is 11.5 Å². The zero-order valence-corrected chi connectivity index (χ0v) is 14.7. The summed E-state index contributed by atoms with van der Waals surface area (Å²) in [5, 5.41) is 7.31. The fourth-order valence-electron chi connectivity index (χ4n) is 2.69. The Morgan fingerprint density at radius 1 is 1.25 bits per heavy atom. The van der Waals surface area contributed by atoms with Crippen LogP contribution in [0, 0.1) is 0 Å². The van der Waals surface area contributed by atoms with E-state index in [2.05, 4.69) is 5.32 Å². The van der Waals surface area contributed by atoms with Gasteiger partial charge in [-0.3, -0.25) is 9.80 Å². The van der Waals surface area contributed by atoms with E-state index in [1.54, 1.807) is 11.1 Å². The Labute approximate surface area is 147 Å². The molecule has 6 nitrogen and oxygen atoms in total. The van der Waals surface area contributed by atoms with Crippen molar-refractivity contribution in [3.63, 3.8) is 0 Å². The molecule has 0 aromatic heterocycles. The Morgan fingerprint density at radius 2 is 2.00 bits per heavy atom. The largest absolute Gasteiger partial charge is 0.454 e. The minimum Gasteiger partial charge on any atom is -0.454 e. The molecule has 1 amide bonds. The van der Waals surface area contributed by atoms with Gasteiger partial charge in [-0.25, -0.2) is 5.01 Å². The van der Waals surface area contributed by atoms with Crippen LogP contribution in [0.5, 0.6) is 11.5 Å². The van der Waals surface area contributed by atoms with Crippen LogP contribution in [-0.2, 0) is 11.3 Å². The number of hydrogen-bond donors (Lipinski definition) is 1. The van der Waals surface area contributed by atoms with Gasteiger partial charge in [-0.05, 0) is 50.2 Å². The van der Waals surface area contributed by atoms with Crippen molar-refractivity contribution in [2.75, 3.05) is 19.9 Å². The zero-order valence-electron chi connectivity index (χ0n) is 13.9. The van der Waals surface area contributed by atoms with Gasteiger partial charge in [0.15, 0.2) is 16.6 Å². The van der Waals surface area contributed by atoms with E-state index in [0.29, 0.717) is 18.2 Å². The second kappa shape index (κ2) is 7.09. The standard InChI is InChI=1S/C17H21N3O3S/c1-12(2)8-16(21)19-6-3-7-20(19)17(24)18-10-13-4-5-14-15(9-13)23-11-22-14/h4-5,8-9H,3,6-7,10-11H2,1-2H3,(H,18,24). The molecule has 7 heteroatoms. The van der Waals surface area contributed by atoms with E-state index >= 15 is 0 Å². The number of carbonyl (C=O) groups is 1.